The molecule has 0 atom stereocenters. The predicted octanol–water partition coefficient (Wildman–Crippen LogP) is 0.846. The standard InChI is InChI=1S/C8H8N2O2/c1-10-8(11)4-7(9-10)6-2-3-12-5-6/h2-3,5H,4H2,1H3. The molecule has 0 saturated carbocycles. The quantitative estimate of drug-likeness (QED) is 0.617. The molecule has 0 spiro atoms. The Morgan fingerprint density at radius 3 is 3.00 bits per heavy atom. The van der Waals surface area contributed by atoms with E-state index in [-0.39, 0.29) is 5.91 Å². The molecule has 1 aliphatic rings. The van der Waals surface area contributed by atoms with Crippen LogP contribution in [0.1, 0.15) is 12.0 Å². The van der Waals surface area contributed by atoms with Gasteiger partial charge in [-0.2, -0.15) is 5.10 Å². The van der Waals surface area contributed by atoms with Crippen molar-refractivity contribution in [2.45, 2.75) is 6.42 Å². The van der Waals surface area contributed by atoms with Crippen molar-refractivity contribution >= 4 is 11.6 Å². The Morgan fingerprint density at radius 2 is 2.50 bits per heavy atom. The molecule has 1 aromatic rings. The highest BCUT2D eigenvalue weighted by molar-refractivity contribution is 6.13. The molecule has 0 bridgehead atoms. The fraction of sp³-hybridized carbons (Fsp3) is 0.250. The third-order valence-corrected chi connectivity index (χ3v) is 1.80. The van der Waals surface area contributed by atoms with Crippen LogP contribution in [0.15, 0.2) is 28.1 Å². The minimum atomic E-state index is 0.0196. The summed E-state index contributed by atoms with van der Waals surface area (Å²) in [4.78, 5) is 11.1. The van der Waals surface area contributed by atoms with Crippen molar-refractivity contribution in [2.75, 3.05) is 7.05 Å². The van der Waals surface area contributed by atoms with Crippen LogP contribution >= 0.6 is 0 Å². The monoisotopic (exact) mass is 164 g/mol. The molecule has 2 heterocycles. The SMILES string of the molecule is CN1N=C(c2ccoc2)CC1=O. The molecule has 12 heavy (non-hydrogen) atoms. The molecular weight excluding hydrogens is 156 g/mol. The van der Waals surface area contributed by atoms with E-state index >= 15 is 0 Å². The molecule has 0 N–H and O–H groups in total. The van der Waals surface area contributed by atoms with E-state index < -0.39 is 0 Å². The van der Waals surface area contributed by atoms with Crippen LogP contribution in [-0.4, -0.2) is 23.7 Å². The molecule has 4 nitrogen and oxygen atoms in total. The molecule has 2 rings (SSSR count). The lowest BCUT2D eigenvalue weighted by Crippen LogP contribution is -2.14. The molecule has 62 valence electrons. The summed E-state index contributed by atoms with van der Waals surface area (Å²) in [5.74, 6) is 0.0196. The third kappa shape index (κ3) is 1.01. The minimum absolute atomic E-state index is 0.0196. The fourth-order valence-corrected chi connectivity index (χ4v) is 1.12. The molecular formula is C8H8N2O2. The van der Waals surface area contributed by atoms with Crippen LogP contribution in [0.2, 0.25) is 0 Å². The lowest BCUT2D eigenvalue weighted by Gasteiger charge is -1.98. The zero-order valence-electron chi connectivity index (χ0n) is 6.65. The van der Waals surface area contributed by atoms with Crippen LogP contribution in [0.25, 0.3) is 0 Å². The number of hydrazone groups is 1. The Morgan fingerprint density at radius 1 is 1.67 bits per heavy atom. The summed E-state index contributed by atoms with van der Waals surface area (Å²) in [5.41, 5.74) is 1.66. The van der Waals surface area contributed by atoms with E-state index in [0.29, 0.717) is 6.42 Å². The topological polar surface area (TPSA) is 45.8 Å². The maximum Gasteiger partial charge on any atom is 0.248 e. The van der Waals surface area contributed by atoms with Crippen LogP contribution in [0.5, 0.6) is 0 Å². The largest absolute Gasteiger partial charge is 0.472 e. The normalized spacial score (nSPS) is 16.9. The van der Waals surface area contributed by atoms with Crippen LogP contribution in [-0.2, 0) is 4.79 Å². The number of amides is 1. The van der Waals surface area contributed by atoms with Crippen LogP contribution in [0.3, 0.4) is 0 Å². The van der Waals surface area contributed by atoms with Gasteiger partial charge in [0.2, 0.25) is 5.91 Å². The van der Waals surface area contributed by atoms with E-state index in [1.54, 1.807) is 25.6 Å². The van der Waals surface area contributed by atoms with E-state index in [9.17, 15) is 4.79 Å². The molecule has 4 heteroatoms. The van der Waals surface area contributed by atoms with Gasteiger partial charge in [0.15, 0.2) is 0 Å². The second-order valence-corrected chi connectivity index (χ2v) is 2.65. The van der Waals surface area contributed by atoms with Crippen molar-refractivity contribution < 1.29 is 9.21 Å². The molecule has 0 unspecified atom stereocenters. The van der Waals surface area contributed by atoms with Crippen LogP contribution in [0.4, 0.5) is 0 Å². The second-order valence-electron chi connectivity index (χ2n) is 2.65. The Hall–Kier alpha value is -1.58. The molecule has 0 aliphatic carbocycles. The van der Waals surface area contributed by atoms with Crippen LogP contribution in [0, 0.1) is 0 Å². The summed E-state index contributed by atoms with van der Waals surface area (Å²) in [5, 5.41) is 5.40. The molecule has 1 amide bonds. The Kier molecular flexibility index (Phi) is 1.46. The number of carbonyl (C=O) groups is 1. The van der Waals surface area contributed by atoms with Gasteiger partial charge in [-0.15, -0.1) is 0 Å². The number of hydrogen-bond acceptors (Lipinski definition) is 3. The Labute approximate surface area is 69.5 Å². The van der Waals surface area contributed by atoms with Crippen molar-refractivity contribution in [2.24, 2.45) is 5.10 Å². The van der Waals surface area contributed by atoms with E-state index in [1.165, 1.54) is 5.01 Å². The third-order valence-electron chi connectivity index (χ3n) is 1.80. The second kappa shape index (κ2) is 2.48. The highest BCUT2D eigenvalue weighted by Crippen LogP contribution is 2.13. The first-order valence-corrected chi connectivity index (χ1v) is 3.64. The average Bonchev–Trinajstić information content (AvgIpc) is 2.61. The predicted molar refractivity (Wildman–Crippen MR) is 42.6 cm³/mol. The highest BCUT2D eigenvalue weighted by Gasteiger charge is 2.21. The molecule has 0 aromatic carbocycles. The number of nitrogens with zero attached hydrogens (tertiary/aromatic N) is 2. The molecule has 0 radical (unpaired) electrons. The van der Waals surface area contributed by atoms with Crippen molar-refractivity contribution in [3.63, 3.8) is 0 Å². The summed E-state index contributed by atoms with van der Waals surface area (Å²) < 4.78 is 4.89. The fourth-order valence-electron chi connectivity index (χ4n) is 1.12. The van der Waals surface area contributed by atoms with Gasteiger partial charge in [-0.05, 0) is 6.07 Å². The Bertz CT molecular complexity index is 327. The van der Waals surface area contributed by atoms with Gasteiger partial charge in [0.1, 0.15) is 0 Å². The summed E-state index contributed by atoms with van der Waals surface area (Å²) in [6.07, 6.45) is 3.53. The van der Waals surface area contributed by atoms with Crippen LogP contribution < -0.4 is 0 Å². The molecule has 1 aromatic heterocycles. The van der Waals surface area contributed by atoms with E-state index in [4.69, 9.17) is 4.42 Å². The van der Waals surface area contributed by atoms with E-state index in [0.717, 1.165) is 11.3 Å². The van der Waals surface area contributed by atoms with Crippen molar-refractivity contribution in [3.8, 4) is 0 Å². The van der Waals surface area contributed by atoms with Crippen molar-refractivity contribution in [3.05, 3.63) is 24.2 Å². The first kappa shape index (κ1) is 7.09. The van der Waals surface area contributed by atoms with Crippen molar-refractivity contribution in [1.29, 1.82) is 0 Å². The van der Waals surface area contributed by atoms with E-state index in [1.807, 2.05) is 0 Å². The summed E-state index contributed by atoms with van der Waals surface area (Å²) in [6.45, 7) is 0. The van der Waals surface area contributed by atoms with Gasteiger partial charge < -0.3 is 4.42 Å². The molecule has 0 saturated heterocycles. The van der Waals surface area contributed by atoms with Gasteiger partial charge in [0, 0.05) is 12.6 Å². The highest BCUT2D eigenvalue weighted by atomic mass is 16.3. The van der Waals surface area contributed by atoms with Gasteiger partial charge >= 0.3 is 0 Å². The Balaban J connectivity index is 2.28. The van der Waals surface area contributed by atoms with Gasteiger partial charge in [-0.25, -0.2) is 5.01 Å². The number of carbonyl (C=O) groups excluding carboxylic acids is 1. The minimum Gasteiger partial charge on any atom is -0.472 e. The smallest absolute Gasteiger partial charge is 0.248 e. The zero-order valence-corrected chi connectivity index (χ0v) is 6.65. The van der Waals surface area contributed by atoms with Gasteiger partial charge in [-0.3, -0.25) is 4.79 Å². The molecule has 1 aliphatic heterocycles. The average molecular weight is 164 g/mol. The zero-order chi connectivity index (χ0) is 8.55. The number of hydrogen-bond donors (Lipinski definition) is 0. The molecule has 0 fully saturated rings. The van der Waals surface area contributed by atoms with Gasteiger partial charge in [0.25, 0.3) is 0 Å². The van der Waals surface area contributed by atoms with Gasteiger partial charge in [-0.1, -0.05) is 0 Å². The lowest BCUT2D eigenvalue weighted by atomic mass is 10.1. The van der Waals surface area contributed by atoms with Crippen molar-refractivity contribution in [1.82, 2.24) is 5.01 Å². The maximum absolute atomic E-state index is 11.1. The lowest BCUT2D eigenvalue weighted by molar-refractivity contribution is -0.127. The summed E-state index contributed by atoms with van der Waals surface area (Å²) in [6, 6.07) is 1.80. The summed E-state index contributed by atoms with van der Waals surface area (Å²) >= 11 is 0. The maximum atomic E-state index is 11.1. The summed E-state index contributed by atoms with van der Waals surface area (Å²) in [7, 11) is 1.65. The first-order chi connectivity index (χ1) is 5.77. The number of rotatable bonds is 1. The van der Waals surface area contributed by atoms with E-state index in [2.05, 4.69) is 5.10 Å². The van der Waals surface area contributed by atoms with Gasteiger partial charge in [0.05, 0.1) is 24.7 Å². The first-order valence-electron chi connectivity index (χ1n) is 3.64. The number of furan rings is 1.